The van der Waals surface area contributed by atoms with Crippen LogP contribution < -0.4 is 0 Å². The van der Waals surface area contributed by atoms with Crippen LogP contribution in [0.15, 0.2) is 84.9 Å². The van der Waals surface area contributed by atoms with Gasteiger partial charge in [-0.15, -0.1) is 0 Å². The summed E-state index contributed by atoms with van der Waals surface area (Å²) < 4.78 is 2.19. The third-order valence-corrected chi connectivity index (χ3v) is 6.51. The van der Waals surface area contributed by atoms with Crippen molar-refractivity contribution in [1.29, 1.82) is 10.5 Å². The van der Waals surface area contributed by atoms with Gasteiger partial charge in [0.2, 0.25) is 0 Å². The molecule has 0 fully saturated rings. The summed E-state index contributed by atoms with van der Waals surface area (Å²) in [6, 6.07) is 32.5. The van der Waals surface area contributed by atoms with E-state index >= 15 is 0 Å². The molecule has 0 amide bonds. The van der Waals surface area contributed by atoms with E-state index in [2.05, 4.69) is 62.0 Å². The summed E-state index contributed by atoms with van der Waals surface area (Å²) in [7, 11) is 0. The number of rotatable bonds is 3. The van der Waals surface area contributed by atoms with Crippen molar-refractivity contribution < 1.29 is 0 Å². The van der Waals surface area contributed by atoms with Crippen LogP contribution >= 0.6 is 0 Å². The minimum absolute atomic E-state index is 0.479. The van der Waals surface area contributed by atoms with Gasteiger partial charge in [-0.2, -0.15) is 10.5 Å². The lowest BCUT2D eigenvalue weighted by Crippen LogP contribution is -2.02. The Morgan fingerprint density at radius 1 is 0.622 bits per heavy atom. The lowest BCUT2D eigenvalue weighted by atomic mass is 9.99. The highest BCUT2D eigenvalue weighted by molar-refractivity contribution is 6.10. The first kappa shape index (κ1) is 22.2. The van der Waals surface area contributed by atoms with Crippen LogP contribution in [0.3, 0.4) is 0 Å². The number of benzene rings is 4. The second-order valence-electron chi connectivity index (χ2n) is 8.84. The minimum Gasteiger partial charge on any atom is -0.309 e. The predicted molar refractivity (Wildman–Crippen MR) is 144 cm³/mol. The SMILES string of the molecule is Cc1nc(C)nc(-c2cc(-n3c4ccccc4c4ccc(-c5ccccc5C#N)cc43)ccc2C#N)n1. The highest BCUT2D eigenvalue weighted by Crippen LogP contribution is 2.36. The molecule has 37 heavy (non-hydrogen) atoms. The molecule has 6 aromatic rings. The Balaban J connectivity index is 1.65. The number of hydrogen-bond acceptors (Lipinski definition) is 5. The van der Waals surface area contributed by atoms with Crippen LogP contribution in [0.1, 0.15) is 22.8 Å². The lowest BCUT2D eigenvalue weighted by Gasteiger charge is -2.12. The number of hydrogen-bond donors (Lipinski definition) is 0. The Kier molecular flexibility index (Phi) is 5.22. The molecule has 0 spiro atoms. The van der Waals surface area contributed by atoms with Crippen LogP contribution in [0.4, 0.5) is 0 Å². The van der Waals surface area contributed by atoms with Crippen molar-refractivity contribution in [1.82, 2.24) is 19.5 Å². The van der Waals surface area contributed by atoms with E-state index in [0.717, 1.165) is 38.6 Å². The quantitative estimate of drug-likeness (QED) is 0.285. The number of aryl methyl sites for hydroxylation is 2. The molecule has 0 unspecified atom stereocenters. The van der Waals surface area contributed by atoms with Crippen LogP contribution in [-0.2, 0) is 0 Å². The molecular formula is C31H20N6. The average Bonchev–Trinajstić information content (AvgIpc) is 3.25. The van der Waals surface area contributed by atoms with Crippen LogP contribution in [0.2, 0.25) is 0 Å². The van der Waals surface area contributed by atoms with Gasteiger partial charge in [0.1, 0.15) is 11.6 Å². The Hall–Kier alpha value is -5.33. The Morgan fingerprint density at radius 3 is 2.08 bits per heavy atom. The fourth-order valence-electron chi connectivity index (χ4n) is 4.94. The molecule has 0 aliphatic carbocycles. The highest BCUT2D eigenvalue weighted by Gasteiger charge is 2.17. The van der Waals surface area contributed by atoms with E-state index in [1.807, 2.05) is 68.4 Å². The van der Waals surface area contributed by atoms with Crippen molar-refractivity contribution in [3.8, 4) is 40.3 Å². The van der Waals surface area contributed by atoms with Crippen molar-refractivity contribution in [3.05, 3.63) is 108 Å². The van der Waals surface area contributed by atoms with E-state index in [0.29, 0.717) is 34.2 Å². The van der Waals surface area contributed by atoms with Gasteiger partial charge in [-0.25, -0.2) is 15.0 Å². The maximum atomic E-state index is 9.84. The normalized spacial score (nSPS) is 10.9. The molecule has 6 nitrogen and oxygen atoms in total. The average molecular weight is 477 g/mol. The molecule has 2 aromatic heterocycles. The van der Waals surface area contributed by atoms with Gasteiger partial charge in [-0.1, -0.05) is 48.5 Å². The molecule has 6 heteroatoms. The molecule has 0 radical (unpaired) electrons. The number of nitrogens with zero attached hydrogens (tertiary/aromatic N) is 6. The zero-order valence-electron chi connectivity index (χ0n) is 20.3. The largest absolute Gasteiger partial charge is 0.309 e. The molecule has 174 valence electrons. The zero-order valence-corrected chi connectivity index (χ0v) is 20.3. The standard InChI is InChI=1S/C31H20N6/c1-19-34-20(2)36-31(35-19)28-16-24(13-11-23(28)18-33)37-29-10-6-5-9-26(29)27-14-12-21(15-30(27)37)25-8-4-3-7-22(25)17-32/h3-16H,1-2H3. The number of fused-ring (bicyclic) bond motifs is 3. The molecular weight excluding hydrogens is 456 g/mol. The molecule has 0 atom stereocenters. The van der Waals surface area contributed by atoms with Crippen LogP contribution in [0.5, 0.6) is 0 Å². The van der Waals surface area contributed by atoms with Crippen molar-refractivity contribution in [2.75, 3.05) is 0 Å². The molecule has 0 aliphatic heterocycles. The molecule has 0 bridgehead atoms. The first-order valence-electron chi connectivity index (χ1n) is 11.8. The van der Waals surface area contributed by atoms with E-state index in [-0.39, 0.29) is 0 Å². The first-order valence-corrected chi connectivity index (χ1v) is 11.8. The van der Waals surface area contributed by atoms with E-state index in [1.54, 1.807) is 0 Å². The van der Waals surface area contributed by atoms with Crippen molar-refractivity contribution in [2.24, 2.45) is 0 Å². The Morgan fingerprint density at radius 2 is 1.30 bits per heavy atom. The van der Waals surface area contributed by atoms with Crippen molar-refractivity contribution in [2.45, 2.75) is 13.8 Å². The maximum Gasteiger partial charge on any atom is 0.164 e. The van der Waals surface area contributed by atoms with Crippen LogP contribution in [0, 0.1) is 36.5 Å². The molecule has 4 aromatic carbocycles. The fourth-order valence-corrected chi connectivity index (χ4v) is 4.94. The first-order chi connectivity index (χ1) is 18.1. The Bertz CT molecular complexity index is 1910. The summed E-state index contributed by atoms with van der Waals surface area (Å²) in [5.41, 5.74) is 6.58. The second-order valence-corrected chi connectivity index (χ2v) is 8.84. The van der Waals surface area contributed by atoms with Gasteiger partial charge in [0, 0.05) is 22.0 Å². The summed E-state index contributed by atoms with van der Waals surface area (Å²) in [6.45, 7) is 3.64. The highest BCUT2D eigenvalue weighted by atomic mass is 15.0. The predicted octanol–water partition coefficient (Wildman–Crippen LogP) is 6.66. The summed E-state index contributed by atoms with van der Waals surface area (Å²) in [4.78, 5) is 13.3. The molecule has 0 aliphatic rings. The summed E-state index contributed by atoms with van der Waals surface area (Å²) in [5, 5.41) is 21.7. The fraction of sp³-hybridized carbons (Fsp3) is 0.0645. The van der Waals surface area contributed by atoms with Gasteiger partial charge in [0.15, 0.2) is 5.82 Å². The number of para-hydroxylation sites is 1. The maximum absolute atomic E-state index is 9.84. The molecule has 0 saturated heterocycles. The van der Waals surface area contributed by atoms with E-state index in [9.17, 15) is 10.5 Å². The second kappa shape index (κ2) is 8.71. The lowest BCUT2D eigenvalue weighted by molar-refractivity contribution is 0.927. The molecule has 0 saturated carbocycles. The van der Waals surface area contributed by atoms with Crippen molar-refractivity contribution in [3.63, 3.8) is 0 Å². The summed E-state index contributed by atoms with van der Waals surface area (Å²) in [6.07, 6.45) is 0. The molecule has 2 heterocycles. The van der Waals surface area contributed by atoms with Crippen molar-refractivity contribution >= 4 is 21.8 Å². The summed E-state index contributed by atoms with van der Waals surface area (Å²) in [5.74, 6) is 1.69. The van der Waals surface area contributed by atoms with Gasteiger partial charge in [0.25, 0.3) is 0 Å². The number of nitriles is 2. The summed E-state index contributed by atoms with van der Waals surface area (Å²) >= 11 is 0. The van der Waals surface area contributed by atoms with Gasteiger partial charge >= 0.3 is 0 Å². The Labute approximate surface area is 213 Å². The van der Waals surface area contributed by atoms with E-state index in [1.165, 1.54) is 0 Å². The molecule has 0 N–H and O–H groups in total. The zero-order chi connectivity index (χ0) is 25.5. The smallest absolute Gasteiger partial charge is 0.164 e. The monoisotopic (exact) mass is 476 g/mol. The van der Waals surface area contributed by atoms with Gasteiger partial charge < -0.3 is 4.57 Å². The third kappa shape index (κ3) is 3.69. The van der Waals surface area contributed by atoms with E-state index < -0.39 is 0 Å². The van der Waals surface area contributed by atoms with Crippen LogP contribution in [0.25, 0.3) is 50.0 Å². The van der Waals surface area contributed by atoms with Gasteiger partial charge in [-0.05, 0) is 61.4 Å². The molecule has 6 rings (SSSR count). The van der Waals surface area contributed by atoms with Gasteiger partial charge in [-0.3, -0.25) is 0 Å². The third-order valence-electron chi connectivity index (χ3n) is 6.51. The van der Waals surface area contributed by atoms with Gasteiger partial charge in [0.05, 0.1) is 34.3 Å². The van der Waals surface area contributed by atoms with Crippen LogP contribution in [-0.4, -0.2) is 19.5 Å². The van der Waals surface area contributed by atoms with E-state index in [4.69, 9.17) is 0 Å². The topological polar surface area (TPSA) is 91.2 Å². The number of aromatic nitrogens is 4. The minimum atomic E-state index is 0.479.